The van der Waals surface area contributed by atoms with Gasteiger partial charge in [-0.05, 0) is 79.7 Å². The van der Waals surface area contributed by atoms with E-state index < -0.39 is 11.8 Å². The summed E-state index contributed by atoms with van der Waals surface area (Å²) >= 11 is 0. The van der Waals surface area contributed by atoms with Crippen LogP contribution in [0.25, 0.3) is 0 Å². The van der Waals surface area contributed by atoms with E-state index in [1.165, 1.54) is 55.5 Å². The van der Waals surface area contributed by atoms with Crippen LogP contribution in [0.2, 0.25) is 0 Å². The van der Waals surface area contributed by atoms with Crippen LogP contribution in [-0.2, 0) is 4.79 Å². The zero-order chi connectivity index (χ0) is 20.8. The molecule has 0 spiro atoms. The average molecular weight is 392 g/mol. The fraction of sp³-hybridized carbons (Fsp3) is 0.0870. The molecule has 146 valence electrons. The molecule has 5 nitrogen and oxygen atoms in total. The van der Waals surface area contributed by atoms with Crippen molar-refractivity contribution in [3.05, 3.63) is 95.3 Å². The van der Waals surface area contributed by atoms with Gasteiger partial charge < -0.3 is 9.47 Å². The zero-order valence-corrected chi connectivity index (χ0v) is 15.6. The van der Waals surface area contributed by atoms with Crippen molar-refractivity contribution in [1.29, 1.82) is 0 Å². The first-order valence-electron chi connectivity index (χ1n) is 8.77. The number of rotatable bonds is 7. The molecule has 6 heteroatoms. The van der Waals surface area contributed by atoms with Gasteiger partial charge in [0.25, 0.3) is 0 Å². The van der Waals surface area contributed by atoms with E-state index in [0.717, 1.165) is 0 Å². The van der Waals surface area contributed by atoms with Gasteiger partial charge in [0.1, 0.15) is 17.3 Å². The number of esters is 1. The molecular formula is C23H17FO5. The molecular weight excluding hydrogens is 375 g/mol. The summed E-state index contributed by atoms with van der Waals surface area (Å²) in [5, 5.41) is 0. The molecule has 0 bridgehead atoms. The molecule has 0 saturated carbocycles. The second kappa shape index (κ2) is 8.93. The minimum absolute atomic E-state index is 0.0580. The molecule has 0 heterocycles. The quantitative estimate of drug-likeness (QED) is 0.342. The number of Topliss-reactive ketones (excluding diaryl/α,β-unsaturated/α-hetero) is 1. The number of ketones is 2. The van der Waals surface area contributed by atoms with Gasteiger partial charge in [-0.3, -0.25) is 9.59 Å². The Morgan fingerprint density at radius 2 is 1.21 bits per heavy atom. The number of halogens is 1. The Morgan fingerprint density at radius 3 is 1.76 bits per heavy atom. The third kappa shape index (κ3) is 5.35. The van der Waals surface area contributed by atoms with Crippen LogP contribution in [-0.4, -0.2) is 24.1 Å². The van der Waals surface area contributed by atoms with E-state index in [1.54, 1.807) is 24.3 Å². The van der Waals surface area contributed by atoms with Crippen LogP contribution in [0.4, 0.5) is 4.39 Å². The minimum Gasteiger partial charge on any atom is -0.482 e. The van der Waals surface area contributed by atoms with Crippen molar-refractivity contribution in [3.8, 4) is 11.5 Å². The lowest BCUT2D eigenvalue weighted by atomic mass is 10.0. The van der Waals surface area contributed by atoms with Gasteiger partial charge in [0, 0.05) is 16.7 Å². The summed E-state index contributed by atoms with van der Waals surface area (Å²) in [6.45, 7) is 1.15. The van der Waals surface area contributed by atoms with E-state index in [0.29, 0.717) is 22.4 Å². The van der Waals surface area contributed by atoms with Crippen LogP contribution in [0.1, 0.15) is 33.2 Å². The van der Waals surface area contributed by atoms with Crippen LogP contribution < -0.4 is 9.47 Å². The monoisotopic (exact) mass is 392 g/mol. The van der Waals surface area contributed by atoms with Gasteiger partial charge in [-0.2, -0.15) is 0 Å². The highest BCUT2D eigenvalue weighted by Crippen LogP contribution is 2.17. The van der Waals surface area contributed by atoms with Crippen LogP contribution >= 0.6 is 0 Å². The maximum atomic E-state index is 13.0. The lowest BCUT2D eigenvalue weighted by molar-refractivity contribution is -0.136. The summed E-state index contributed by atoms with van der Waals surface area (Å²) in [6.07, 6.45) is 0. The average Bonchev–Trinajstić information content (AvgIpc) is 2.73. The Balaban J connectivity index is 1.54. The van der Waals surface area contributed by atoms with Gasteiger partial charge in [0.15, 0.2) is 18.2 Å². The molecule has 0 aromatic heterocycles. The molecule has 0 radical (unpaired) electrons. The normalized spacial score (nSPS) is 10.3. The van der Waals surface area contributed by atoms with Crippen LogP contribution in [0.3, 0.4) is 0 Å². The first-order chi connectivity index (χ1) is 13.9. The lowest BCUT2D eigenvalue weighted by Gasteiger charge is -2.08. The van der Waals surface area contributed by atoms with Gasteiger partial charge in [-0.25, -0.2) is 9.18 Å². The standard InChI is InChI=1S/C23H17FO5/c1-15(25)16-4-10-20(11-5-16)28-14-22(26)29-21-12-6-18(7-13-21)23(27)17-2-8-19(24)9-3-17/h2-13H,14H2,1H3. The van der Waals surface area contributed by atoms with E-state index in [2.05, 4.69) is 0 Å². The van der Waals surface area contributed by atoms with E-state index in [-0.39, 0.29) is 23.9 Å². The van der Waals surface area contributed by atoms with E-state index in [9.17, 15) is 18.8 Å². The Labute approximate surface area is 166 Å². The summed E-state index contributed by atoms with van der Waals surface area (Å²) < 4.78 is 23.5. The third-order valence-electron chi connectivity index (χ3n) is 4.07. The molecule has 0 aliphatic heterocycles. The van der Waals surface area contributed by atoms with Crippen molar-refractivity contribution in [2.24, 2.45) is 0 Å². The van der Waals surface area contributed by atoms with Crippen molar-refractivity contribution >= 4 is 17.5 Å². The van der Waals surface area contributed by atoms with Crippen LogP contribution in [0.5, 0.6) is 11.5 Å². The van der Waals surface area contributed by atoms with Crippen molar-refractivity contribution in [1.82, 2.24) is 0 Å². The maximum Gasteiger partial charge on any atom is 0.349 e. The Kier molecular flexibility index (Phi) is 6.14. The molecule has 0 unspecified atom stereocenters. The summed E-state index contributed by atoms with van der Waals surface area (Å²) in [4.78, 5) is 35.5. The van der Waals surface area contributed by atoms with Crippen molar-refractivity contribution < 1.29 is 28.2 Å². The molecule has 0 amide bonds. The van der Waals surface area contributed by atoms with Crippen LogP contribution in [0, 0.1) is 5.82 Å². The first kappa shape index (κ1) is 19.9. The Morgan fingerprint density at radius 1 is 0.724 bits per heavy atom. The molecule has 0 fully saturated rings. The zero-order valence-electron chi connectivity index (χ0n) is 15.6. The molecule has 3 aromatic rings. The smallest absolute Gasteiger partial charge is 0.349 e. The number of carbonyl (C=O) groups is 3. The van der Waals surface area contributed by atoms with Gasteiger partial charge in [-0.1, -0.05) is 0 Å². The van der Waals surface area contributed by atoms with Crippen molar-refractivity contribution in [2.75, 3.05) is 6.61 Å². The highest BCUT2D eigenvalue weighted by molar-refractivity contribution is 6.09. The molecule has 3 aromatic carbocycles. The summed E-state index contributed by atoms with van der Waals surface area (Å²) in [6, 6.07) is 17.7. The number of carbonyl (C=O) groups excluding carboxylic acids is 3. The van der Waals surface area contributed by atoms with Crippen molar-refractivity contribution in [3.63, 3.8) is 0 Å². The molecule has 0 N–H and O–H groups in total. The van der Waals surface area contributed by atoms with Crippen molar-refractivity contribution in [2.45, 2.75) is 6.92 Å². The highest BCUT2D eigenvalue weighted by Gasteiger charge is 2.11. The predicted molar refractivity (Wildman–Crippen MR) is 104 cm³/mol. The summed E-state index contributed by atoms with van der Waals surface area (Å²) in [5.41, 5.74) is 1.30. The summed E-state index contributed by atoms with van der Waals surface area (Å²) in [5.74, 6) is -0.648. The maximum absolute atomic E-state index is 13.0. The molecule has 3 rings (SSSR count). The second-order valence-corrected chi connectivity index (χ2v) is 6.20. The molecule has 0 aliphatic rings. The Hall–Kier alpha value is -3.80. The Bertz CT molecular complexity index is 1020. The number of hydrogen-bond acceptors (Lipinski definition) is 5. The molecule has 29 heavy (non-hydrogen) atoms. The lowest BCUT2D eigenvalue weighted by Crippen LogP contribution is -2.17. The fourth-order valence-corrected chi connectivity index (χ4v) is 2.53. The number of benzene rings is 3. The second-order valence-electron chi connectivity index (χ2n) is 6.20. The van der Waals surface area contributed by atoms with Gasteiger partial charge in [0.05, 0.1) is 0 Å². The number of hydrogen-bond donors (Lipinski definition) is 0. The largest absolute Gasteiger partial charge is 0.482 e. The van der Waals surface area contributed by atoms with E-state index >= 15 is 0 Å². The van der Waals surface area contributed by atoms with Gasteiger partial charge in [-0.15, -0.1) is 0 Å². The topological polar surface area (TPSA) is 69.7 Å². The van der Waals surface area contributed by atoms with Gasteiger partial charge >= 0.3 is 5.97 Å². The summed E-state index contributed by atoms with van der Waals surface area (Å²) in [7, 11) is 0. The van der Waals surface area contributed by atoms with E-state index in [1.807, 2.05) is 0 Å². The third-order valence-corrected chi connectivity index (χ3v) is 4.07. The molecule has 0 saturated heterocycles. The van der Waals surface area contributed by atoms with Gasteiger partial charge in [0.2, 0.25) is 0 Å². The molecule has 0 aliphatic carbocycles. The predicted octanol–water partition coefficient (Wildman–Crippen LogP) is 4.24. The first-order valence-corrected chi connectivity index (χ1v) is 8.77. The fourth-order valence-electron chi connectivity index (χ4n) is 2.53. The van der Waals surface area contributed by atoms with E-state index in [4.69, 9.17) is 9.47 Å². The molecule has 0 atom stereocenters. The van der Waals surface area contributed by atoms with Crippen LogP contribution in [0.15, 0.2) is 72.8 Å². The number of ether oxygens (including phenoxy) is 2. The minimum atomic E-state index is -0.613. The SMILES string of the molecule is CC(=O)c1ccc(OCC(=O)Oc2ccc(C(=O)c3ccc(F)cc3)cc2)cc1. The highest BCUT2D eigenvalue weighted by atomic mass is 19.1.